The lowest BCUT2D eigenvalue weighted by Gasteiger charge is -2.35. The second-order valence-electron chi connectivity index (χ2n) is 11.3. The Morgan fingerprint density at radius 3 is 2.16 bits per heavy atom. The normalized spacial score (nSPS) is 12.8. The first-order chi connectivity index (χ1) is 20.4. The Morgan fingerprint density at radius 1 is 0.955 bits per heavy atom. The number of sulfonamides is 1. The fourth-order valence-electron chi connectivity index (χ4n) is 4.45. The number of ether oxygens (including phenoxy) is 1. The maximum absolute atomic E-state index is 14.2. The van der Waals surface area contributed by atoms with Gasteiger partial charge in [0.25, 0.3) is 0 Å². The van der Waals surface area contributed by atoms with Crippen molar-refractivity contribution < 1.29 is 35.9 Å². The molecule has 0 aliphatic rings. The first-order valence-corrected chi connectivity index (χ1v) is 15.7. The van der Waals surface area contributed by atoms with Gasteiger partial charge in [-0.05, 0) is 62.2 Å². The summed E-state index contributed by atoms with van der Waals surface area (Å²) in [4.78, 5) is 29.2. The highest BCUT2D eigenvalue weighted by Gasteiger charge is 2.36. The van der Waals surface area contributed by atoms with Crippen LogP contribution in [-0.2, 0) is 38.8 Å². The standard InChI is InChI=1S/C31H35ClF3N3O5S/c1-30(2,3)36-29(40)27(17-21-10-7-6-8-11-21)37(19-22-12-9-13-24(16-22)43-4)28(39)20-38(44(5,41)42)26-18-23(31(33,34)35)14-15-25(26)32/h6-16,18,27H,17,19-20H2,1-5H3,(H,36,40)/t27-/m1/s1. The number of hydrogen-bond acceptors (Lipinski definition) is 5. The Labute approximate surface area is 260 Å². The van der Waals surface area contributed by atoms with E-state index in [-0.39, 0.29) is 18.0 Å². The van der Waals surface area contributed by atoms with Gasteiger partial charge in [-0.3, -0.25) is 13.9 Å². The summed E-state index contributed by atoms with van der Waals surface area (Å²) < 4.78 is 72.4. The molecule has 0 spiro atoms. The molecule has 0 aliphatic carbocycles. The fraction of sp³-hybridized carbons (Fsp3) is 0.355. The second-order valence-corrected chi connectivity index (χ2v) is 13.6. The third kappa shape index (κ3) is 9.62. The molecule has 3 aromatic rings. The number of halogens is 4. The van der Waals surface area contributed by atoms with E-state index in [9.17, 15) is 31.2 Å². The molecule has 0 bridgehead atoms. The molecule has 238 valence electrons. The number of hydrogen-bond donors (Lipinski definition) is 1. The molecule has 0 aliphatic heterocycles. The minimum absolute atomic E-state index is 0.0711. The number of methoxy groups -OCH3 is 1. The van der Waals surface area contributed by atoms with Crippen LogP contribution in [0.4, 0.5) is 18.9 Å². The number of benzene rings is 3. The van der Waals surface area contributed by atoms with Crippen LogP contribution >= 0.6 is 11.6 Å². The first kappa shape index (κ1) is 34.7. The molecular weight excluding hydrogens is 619 g/mol. The van der Waals surface area contributed by atoms with Crippen LogP contribution in [0.5, 0.6) is 5.75 Å². The lowest BCUT2D eigenvalue weighted by Crippen LogP contribution is -2.56. The smallest absolute Gasteiger partial charge is 0.416 e. The van der Waals surface area contributed by atoms with Crippen LogP contribution in [0.3, 0.4) is 0 Å². The summed E-state index contributed by atoms with van der Waals surface area (Å²) in [5, 5.41) is 2.59. The van der Waals surface area contributed by atoms with E-state index in [1.165, 1.54) is 12.0 Å². The van der Waals surface area contributed by atoms with Crippen LogP contribution in [0.15, 0.2) is 72.8 Å². The van der Waals surface area contributed by atoms with Crippen molar-refractivity contribution in [2.45, 2.75) is 51.5 Å². The van der Waals surface area contributed by atoms with Gasteiger partial charge in [-0.25, -0.2) is 8.42 Å². The number of carbonyl (C=O) groups is 2. The summed E-state index contributed by atoms with van der Waals surface area (Å²) in [6.07, 6.45) is -3.96. The van der Waals surface area contributed by atoms with Gasteiger partial charge in [0, 0.05) is 18.5 Å². The molecule has 0 unspecified atom stereocenters. The van der Waals surface area contributed by atoms with Crippen LogP contribution < -0.4 is 14.4 Å². The van der Waals surface area contributed by atoms with E-state index in [1.807, 2.05) is 0 Å². The maximum atomic E-state index is 14.2. The molecule has 8 nitrogen and oxygen atoms in total. The molecular formula is C31H35ClF3N3O5S. The molecule has 44 heavy (non-hydrogen) atoms. The van der Waals surface area contributed by atoms with E-state index in [4.69, 9.17) is 16.3 Å². The van der Waals surface area contributed by atoms with E-state index >= 15 is 0 Å². The number of amides is 2. The quantitative estimate of drug-likeness (QED) is 0.287. The summed E-state index contributed by atoms with van der Waals surface area (Å²) >= 11 is 6.19. The average Bonchev–Trinajstić information content (AvgIpc) is 2.92. The molecule has 0 saturated heterocycles. The van der Waals surface area contributed by atoms with Crippen molar-refractivity contribution in [3.63, 3.8) is 0 Å². The lowest BCUT2D eigenvalue weighted by atomic mass is 10.0. The van der Waals surface area contributed by atoms with Gasteiger partial charge >= 0.3 is 6.18 Å². The van der Waals surface area contributed by atoms with Gasteiger partial charge < -0.3 is 15.0 Å². The van der Waals surface area contributed by atoms with Crippen LogP contribution in [-0.4, -0.2) is 56.6 Å². The van der Waals surface area contributed by atoms with E-state index in [0.717, 1.165) is 24.0 Å². The second kappa shape index (κ2) is 13.9. The van der Waals surface area contributed by atoms with Gasteiger partial charge in [0.1, 0.15) is 18.3 Å². The molecule has 3 aromatic carbocycles. The van der Waals surface area contributed by atoms with Crippen LogP contribution in [0.2, 0.25) is 5.02 Å². The molecule has 13 heteroatoms. The topological polar surface area (TPSA) is 96.0 Å². The minimum atomic E-state index is -4.79. The SMILES string of the molecule is COc1cccc(CN(C(=O)CN(c2cc(C(F)(F)F)ccc2Cl)S(C)(=O)=O)[C@H](Cc2ccccc2)C(=O)NC(C)(C)C)c1. The van der Waals surface area contributed by atoms with Gasteiger partial charge in [0.15, 0.2) is 0 Å². The predicted molar refractivity (Wildman–Crippen MR) is 164 cm³/mol. The zero-order chi connectivity index (χ0) is 32.9. The van der Waals surface area contributed by atoms with Gasteiger partial charge in [-0.15, -0.1) is 0 Å². The Morgan fingerprint density at radius 2 is 1.59 bits per heavy atom. The zero-order valence-electron chi connectivity index (χ0n) is 25.0. The Bertz CT molecular complexity index is 1580. The van der Waals surface area contributed by atoms with Gasteiger partial charge in [-0.2, -0.15) is 13.2 Å². The van der Waals surface area contributed by atoms with E-state index < -0.39 is 57.4 Å². The molecule has 0 heterocycles. The predicted octanol–water partition coefficient (Wildman–Crippen LogP) is 5.69. The van der Waals surface area contributed by atoms with Crippen molar-refractivity contribution in [1.82, 2.24) is 10.2 Å². The number of nitrogens with one attached hydrogen (secondary N) is 1. The highest BCUT2D eigenvalue weighted by Crippen LogP contribution is 2.36. The van der Waals surface area contributed by atoms with Crippen LogP contribution in [0.1, 0.15) is 37.5 Å². The van der Waals surface area contributed by atoms with E-state index in [0.29, 0.717) is 21.7 Å². The number of rotatable bonds is 11. The Hall–Kier alpha value is -3.77. The zero-order valence-corrected chi connectivity index (χ0v) is 26.6. The highest BCUT2D eigenvalue weighted by molar-refractivity contribution is 7.92. The van der Waals surface area contributed by atoms with Gasteiger partial charge in [0.2, 0.25) is 21.8 Å². The average molecular weight is 654 g/mol. The monoisotopic (exact) mass is 653 g/mol. The van der Waals surface area contributed by atoms with E-state index in [2.05, 4.69) is 5.32 Å². The van der Waals surface area contributed by atoms with Crippen molar-refractivity contribution in [1.29, 1.82) is 0 Å². The highest BCUT2D eigenvalue weighted by atomic mass is 35.5. The van der Waals surface area contributed by atoms with E-state index in [1.54, 1.807) is 75.4 Å². The van der Waals surface area contributed by atoms with Crippen molar-refractivity contribution in [2.75, 3.05) is 24.2 Å². The van der Waals surface area contributed by atoms with Crippen molar-refractivity contribution >= 4 is 39.1 Å². The molecule has 2 amide bonds. The van der Waals surface area contributed by atoms with Gasteiger partial charge in [-0.1, -0.05) is 54.1 Å². The number of anilines is 1. The summed E-state index contributed by atoms with van der Waals surface area (Å²) in [5.74, 6) is -0.848. The fourth-order valence-corrected chi connectivity index (χ4v) is 5.57. The molecule has 0 radical (unpaired) electrons. The van der Waals surface area contributed by atoms with Crippen LogP contribution in [0, 0.1) is 0 Å². The third-order valence-corrected chi connectivity index (χ3v) is 7.92. The first-order valence-electron chi connectivity index (χ1n) is 13.5. The molecule has 1 atom stereocenters. The molecule has 0 fully saturated rings. The third-order valence-electron chi connectivity index (χ3n) is 6.48. The molecule has 0 aromatic heterocycles. The minimum Gasteiger partial charge on any atom is -0.497 e. The van der Waals surface area contributed by atoms with Crippen LogP contribution in [0.25, 0.3) is 0 Å². The molecule has 3 rings (SSSR count). The molecule has 0 saturated carbocycles. The van der Waals surface area contributed by atoms with Crippen molar-refractivity contribution in [3.8, 4) is 5.75 Å². The Balaban J connectivity index is 2.15. The van der Waals surface area contributed by atoms with Crippen molar-refractivity contribution in [2.24, 2.45) is 0 Å². The number of carbonyl (C=O) groups excluding carboxylic acids is 2. The number of alkyl halides is 3. The summed E-state index contributed by atoms with van der Waals surface area (Å²) in [6.45, 7) is 4.27. The number of nitrogens with zero attached hydrogens (tertiary/aromatic N) is 2. The summed E-state index contributed by atoms with van der Waals surface area (Å²) in [6, 6.07) is 16.8. The summed E-state index contributed by atoms with van der Waals surface area (Å²) in [7, 11) is -2.86. The molecule has 1 N–H and O–H groups in total. The Kier molecular flexibility index (Phi) is 11.0. The lowest BCUT2D eigenvalue weighted by molar-refractivity contribution is -0.140. The van der Waals surface area contributed by atoms with Gasteiger partial charge in [0.05, 0.1) is 29.6 Å². The maximum Gasteiger partial charge on any atom is 0.416 e. The summed E-state index contributed by atoms with van der Waals surface area (Å²) in [5.41, 5.74) is -1.04. The van der Waals surface area contributed by atoms with Crippen molar-refractivity contribution in [3.05, 3.63) is 94.5 Å². The largest absolute Gasteiger partial charge is 0.497 e.